The second kappa shape index (κ2) is 7.38. The van der Waals surface area contributed by atoms with E-state index in [2.05, 4.69) is 24.1 Å². The smallest absolute Gasteiger partial charge is 0.269 e. The van der Waals surface area contributed by atoms with Gasteiger partial charge in [0.2, 0.25) is 0 Å². The summed E-state index contributed by atoms with van der Waals surface area (Å²) in [5.41, 5.74) is 0.486. The standard InChI is InChI=1S/C13H21N3OS/c1-10(2)18-11-5-6-14-12(9-11)13(17)15-7-8-16(3)4/h5-6,9-10H,7-8H2,1-4H3,(H,15,17). The zero-order chi connectivity index (χ0) is 13.5. The topological polar surface area (TPSA) is 45.2 Å². The first kappa shape index (κ1) is 15.0. The molecular weight excluding hydrogens is 246 g/mol. The molecule has 4 nitrogen and oxygen atoms in total. The van der Waals surface area contributed by atoms with Crippen LogP contribution in [0.15, 0.2) is 23.2 Å². The van der Waals surface area contributed by atoms with Crippen LogP contribution in [0.1, 0.15) is 24.3 Å². The molecule has 0 bridgehead atoms. The Morgan fingerprint density at radius 2 is 2.22 bits per heavy atom. The molecule has 1 aromatic rings. The van der Waals surface area contributed by atoms with Gasteiger partial charge in [-0.05, 0) is 26.2 Å². The van der Waals surface area contributed by atoms with Crippen molar-refractivity contribution >= 4 is 17.7 Å². The lowest BCUT2D eigenvalue weighted by atomic mass is 10.3. The predicted octanol–water partition coefficient (Wildman–Crippen LogP) is 1.87. The average molecular weight is 267 g/mol. The van der Waals surface area contributed by atoms with Gasteiger partial charge in [-0.15, -0.1) is 11.8 Å². The van der Waals surface area contributed by atoms with Crippen LogP contribution in [0.25, 0.3) is 0 Å². The summed E-state index contributed by atoms with van der Waals surface area (Å²) in [7, 11) is 3.95. The molecule has 0 saturated heterocycles. The molecule has 0 aliphatic rings. The van der Waals surface area contributed by atoms with E-state index in [-0.39, 0.29) is 5.91 Å². The van der Waals surface area contributed by atoms with Crippen LogP contribution in [0.5, 0.6) is 0 Å². The number of hydrogen-bond acceptors (Lipinski definition) is 4. The first-order valence-corrected chi connectivity index (χ1v) is 6.92. The molecule has 0 aromatic carbocycles. The van der Waals surface area contributed by atoms with Gasteiger partial charge in [-0.25, -0.2) is 0 Å². The third kappa shape index (κ3) is 5.51. The Labute approximate surface area is 113 Å². The molecule has 0 aliphatic carbocycles. The fraction of sp³-hybridized carbons (Fsp3) is 0.538. The van der Waals surface area contributed by atoms with E-state index in [0.717, 1.165) is 11.4 Å². The van der Waals surface area contributed by atoms with Gasteiger partial charge in [-0.2, -0.15) is 0 Å². The lowest BCUT2D eigenvalue weighted by molar-refractivity contribution is 0.0946. The summed E-state index contributed by atoms with van der Waals surface area (Å²) in [6, 6.07) is 3.77. The first-order chi connectivity index (χ1) is 8.49. The number of rotatable bonds is 6. The summed E-state index contributed by atoms with van der Waals surface area (Å²) < 4.78 is 0. The Balaban J connectivity index is 2.57. The Bertz CT molecular complexity index is 394. The molecule has 0 unspecified atom stereocenters. The third-order valence-electron chi connectivity index (χ3n) is 2.18. The molecular formula is C13H21N3OS. The van der Waals surface area contributed by atoms with E-state index in [0.29, 0.717) is 17.5 Å². The molecule has 1 aromatic heterocycles. The summed E-state index contributed by atoms with van der Waals surface area (Å²) >= 11 is 1.73. The highest BCUT2D eigenvalue weighted by Gasteiger charge is 2.08. The Hall–Kier alpha value is -1.07. The maximum atomic E-state index is 11.9. The minimum Gasteiger partial charge on any atom is -0.349 e. The van der Waals surface area contributed by atoms with Crippen LogP contribution in [0, 0.1) is 0 Å². The second-order valence-corrected chi connectivity index (χ2v) is 6.25. The van der Waals surface area contributed by atoms with Crippen LogP contribution in [0.3, 0.4) is 0 Å². The number of pyridine rings is 1. The van der Waals surface area contributed by atoms with Crippen molar-refractivity contribution in [1.29, 1.82) is 0 Å². The molecule has 5 heteroatoms. The Morgan fingerprint density at radius 1 is 1.50 bits per heavy atom. The van der Waals surface area contributed by atoms with Gasteiger partial charge in [-0.1, -0.05) is 13.8 Å². The van der Waals surface area contributed by atoms with Crippen molar-refractivity contribution in [3.05, 3.63) is 24.0 Å². The van der Waals surface area contributed by atoms with Crippen LogP contribution in [-0.4, -0.2) is 48.2 Å². The lowest BCUT2D eigenvalue weighted by Gasteiger charge is -2.10. The molecule has 0 saturated carbocycles. The summed E-state index contributed by atoms with van der Waals surface area (Å²) in [6.07, 6.45) is 1.69. The molecule has 0 radical (unpaired) electrons. The highest BCUT2D eigenvalue weighted by molar-refractivity contribution is 7.99. The molecule has 100 valence electrons. The number of carbonyl (C=O) groups is 1. The van der Waals surface area contributed by atoms with Crippen LogP contribution in [0.4, 0.5) is 0 Å². The normalized spacial score (nSPS) is 11.0. The Kier molecular flexibility index (Phi) is 6.15. The monoisotopic (exact) mass is 267 g/mol. The molecule has 18 heavy (non-hydrogen) atoms. The van der Waals surface area contributed by atoms with Gasteiger partial charge in [0.05, 0.1) is 0 Å². The van der Waals surface area contributed by atoms with Crippen LogP contribution in [-0.2, 0) is 0 Å². The van der Waals surface area contributed by atoms with Crippen molar-refractivity contribution < 1.29 is 4.79 Å². The maximum absolute atomic E-state index is 11.9. The van der Waals surface area contributed by atoms with Crippen molar-refractivity contribution in [2.24, 2.45) is 0 Å². The van der Waals surface area contributed by atoms with Crippen LogP contribution in [0.2, 0.25) is 0 Å². The number of carbonyl (C=O) groups excluding carboxylic acids is 1. The molecule has 0 spiro atoms. The van der Waals surface area contributed by atoms with Crippen molar-refractivity contribution in [2.75, 3.05) is 27.2 Å². The van der Waals surface area contributed by atoms with E-state index in [9.17, 15) is 4.79 Å². The fourth-order valence-corrected chi connectivity index (χ4v) is 2.23. The van der Waals surface area contributed by atoms with Crippen molar-refractivity contribution in [2.45, 2.75) is 24.0 Å². The summed E-state index contributed by atoms with van der Waals surface area (Å²) in [5.74, 6) is -0.108. The highest BCUT2D eigenvalue weighted by atomic mass is 32.2. The van der Waals surface area contributed by atoms with Gasteiger partial charge in [0.25, 0.3) is 5.91 Å². The highest BCUT2D eigenvalue weighted by Crippen LogP contribution is 2.22. The second-order valence-electron chi connectivity index (χ2n) is 4.60. The number of hydrogen-bond donors (Lipinski definition) is 1. The van der Waals surface area contributed by atoms with Gasteiger partial charge < -0.3 is 10.2 Å². The van der Waals surface area contributed by atoms with Crippen LogP contribution < -0.4 is 5.32 Å². The number of amides is 1. The number of thioether (sulfide) groups is 1. The van der Waals surface area contributed by atoms with E-state index in [1.807, 2.05) is 31.1 Å². The molecule has 1 rings (SSSR count). The van der Waals surface area contributed by atoms with Crippen LogP contribution >= 0.6 is 11.8 Å². The largest absolute Gasteiger partial charge is 0.349 e. The van der Waals surface area contributed by atoms with Gasteiger partial charge in [0.15, 0.2) is 0 Å². The van der Waals surface area contributed by atoms with E-state index in [4.69, 9.17) is 0 Å². The molecule has 0 atom stereocenters. The summed E-state index contributed by atoms with van der Waals surface area (Å²) in [6.45, 7) is 5.71. The molecule has 0 aliphatic heterocycles. The van der Waals surface area contributed by atoms with E-state index in [1.54, 1.807) is 18.0 Å². The van der Waals surface area contributed by atoms with Crippen molar-refractivity contribution in [1.82, 2.24) is 15.2 Å². The zero-order valence-corrected chi connectivity index (χ0v) is 12.3. The molecule has 1 N–H and O–H groups in total. The first-order valence-electron chi connectivity index (χ1n) is 6.04. The maximum Gasteiger partial charge on any atom is 0.269 e. The predicted molar refractivity (Wildman–Crippen MR) is 76.1 cm³/mol. The third-order valence-corrected chi connectivity index (χ3v) is 3.18. The van der Waals surface area contributed by atoms with E-state index in [1.165, 1.54) is 0 Å². The van der Waals surface area contributed by atoms with Gasteiger partial charge in [0, 0.05) is 29.4 Å². The number of aromatic nitrogens is 1. The Morgan fingerprint density at radius 3 is 2.83 bits per heavy atom. The van der Waals surface area contributed by atoms with Crippen molar-refractivity contribution in [3.8, 4) is 0 Å². The number of likely N-dealkylation sites (N-methyl/N-ethyl adjacent to an activating group) is 1. The SMILES string of the molecule is CC(C)Sc1ccnc(C(=O)NCCN(C)C)c1. The van der Waals surface area contributed by atoms with E-state index >= 15 is 0 Å². The minimum atomic E-state index is -0.108. The number of nitrogens with zero attached hydrogens (tertiary/aromatic N) is 2. The fourth-order valence-electron chi connectivity index (χ4n) is 1.36. The summed E-state index contributed by atoms with van der Waals surface area (Å²) in [5, 5.41) is 3.36. The van der Waals surface area contributed by atoms with Crippen molar-refractivity contribution in [3.63, 3.8) is 0 Å². The van der Waals surface area contributed by atoms with Gasteiger partial charge in [-0.3, -0.25) is 9.78 Å². The van der Waals surface area contributed by atoms with Gasteiger partial charge >= 0.3 is 0 Å². The quantitative estimate of drug-likeness (QED) is 0.799. The van der Waals surface area contributed by atoms with Gasteiger partial charge in [0.1, 0.15) is 5.69 Å². The molecule has 1 amide bonds. The molecule has 1 heterocycles. The van der Waals surface area contributed by atoms with E-state index < -0.39 is 0 Å². The zero-order valence-electron chi connectivity index (χ0n) is 11.4. The minimum absolute atomic E-state index is 0.108. The lowest BCUT2D eigenvalue weighted by Crippen LogP contribution is -2.31. The number of nitrogens with one attached hydrogen (secondary N) is 1. The molecule has 0 fully saturated rings. The average Bonchev–Trinajstić information content (AvgIpc) is 2.27. The summed E-state index contributed by atoms with van der Waals surface area (Å²) in [4.78, 5) is 19.1.